The van der Waals surface area contributed by atoms with Gasteiger partial charge in [0.05, 0.1) is 16.6 Å². The van der Waals surface area contributed by atoms with E-state index in [9.17, 15) is 4.79 Å². The summed E-state index contributed by atoms with van der Waals surface area (Å²) >= 11 is 7.57. The standard InChI is InChI=1S/C18H20ClN3O3S/c1-11-15(12(2)25-21-11)10-26-18-20-16-9-13(19)5-6-14(16)17(23)22(18)7-4-8-24-3/h5-6,9H,4,7-8,10H2,1-3H3. The maximum Gasteiger partial charge on any atom is 0.262 e. The summed E-state index contributed by atoms with van der Waals surface area (Å²) in [4.78, 5) is 17.6. The maximum absolute atomic E-state index is 12.9. The van der Waals surface area contributed by atoms with E-state index in [4.69, 9.17) is 20.9 Å². The lowest BCUT2D eigenvalue weighted by atomic mass is 10.2. The third-order valence-electron chi connectivity index (χ3n) is 4.14. The van der Waals surface area contributed by atoms with Crippen LogP contribution in [0.2, 0.25) is 5.02 Å². The minimum atomic E-state index is -0.0657. The van der Waals surface area contributed by atoms with Gasteiger partial charge in [-0.05, 0) is 38.5 Å². The van der Waals surface area contributed by atoms with E-state index in [0.717, 1.165) is 23.4 Å². The number of nitrogens with zero attached hydrogens (tertiary/aromatic N) is 3. The Kier molecular flexibility index (Phi) is 6.01. The van der Waals surface area contributed by atoms with Crippen molar-refractivity contribution in [3.8, 4) is 0 Å². The highest BCUT2D eigenvalue weighted by molar-refractivity contribution is 7.98. The molecule has 3 aromatic rings. The van der Waals surface area contributed by atoms with Gasteiger partial charge >= 0.3 is 0 Å². The molecule has 0 fully saturated rings. The summed E-state index contributed by atoms with van der Waals surface area (Å²) in [6, 6.07) is 5.16. The van der Waals surface area contributed by atoms with Gasteiger partial charge in [-0.2, -0.15) is 0 Å². The van der Waals surface area contributed by atoms with Crippen molar-refractivity contribution in [3.05, 3.63) is 50.6 Å². The van der Waals surface area contributed by atoms with Crippen molar-refractivity contribution in [2.45, 2.75) is 37.7 Å². The quantitative estimate of drug-likeness (QED) is 0.343. The van der Waals surface area contributed by atoms with Crippen molar-refractivity contribution in [1.29, 1.82) is 0 Å². The molecule has 0 N–H and O–H groups in total. The zero-order valence-corrected chi connectivity index (χ0v) is 16.5. The van der Waals surface area contributed by atoms with Crippen LogP contribution in [-0.4, -0.2) is 28.4 Å². The predicted molar refractivity (Wildman–Crippen MR) is 103 cm³/mol. The number of hydrogen-bond acceptors (Lipinski definition) is 6. The lowest BCUT2D eigenvalue weighted by Gasteiger charge is -2.13. The summed E-state index contributed by atoms with van der Waals surface area (Å²) in [6.07, 6.45) is 0.732. The highest BCUT2D eigenvalue weighted by Crippen LogP contribution is 2.26. The second-order valence-electron chi connectivity index (χ2n) is 5.95. The predicted octanol–water partition coefficient (Wildman–Crippen LogP) is 3.98. The van der Waals surface area contributed by atoms with Gasteiger partial charge in [-0.3, -0.25) is 9.36 Å². The van der Waals surface area contributed by atoms with Crippen LogP contribution in [-0.2, 0) is 17.0 Å². The molecule has 2 heterocycles. The van der Waals surface area contributed by atoms with E-state index < -0.39 is 0 Å². The molecule has 0 aliphatic carbocycles. The molecule has 8 heteroatoms. The van der Waals surface area contributed by atoms with E-state index >= 15 is 0 Å². The Hall–Kier alpha value is -1.83. The molecular weight excluding hydrogens is 374 g/mol. The van der Waals surface area contributed by atoms with Gasteiger partial charge in [-0.25, -0.2) is 4.98 Å². The SMILES string of the molecule is COCCCn1c(SCc2c(C)noc2C)nc2cc(Cl)ccc2c1=O. The number of aromatic nitrogens is 3. The average molecular weight is 394 g/mol. The highest BCUT2D eigenvalue weighted by atomic mass is 35.5. The average Bonchev–Trinajstić information content (AvgIpc) is 2.93. The highest BCUT2D eigenvalue weighted by Gasteiger charge is 2.15. The fourth-order valence-corrected chi connectivity index (χ4v) is 4.04. The summed E-state index contributed by atoms with van der Waals surface area (Å²) in [7, 11) is 1.65. The zero-order chi connectivity index (χ0) is 18.7. The van der Waals surface area contributed by atoms with Crippen LogP contribution in [0.5, 0.6) is 0 Å². The van der Waals surface area contributed by atoms with Crippen LogP contribution in [0.15, 0.2) is 32.7 Å². The third-order valence-corrected chi connectivity index (χ3v) is 5.38. The molecule has 3 rings (SSSR count). The van der Waals surface area contributed by atoms with Crippen LogP contribution < -0.4 is 5.56 Å². The van der Waals surface area contributed by atoms with Crippen molar-refractivity contribution >= 4 is 34.3 Å². The summed E-state index contributed by atoms with van der Waals surface area (Å²) in [5.74, 6) is 1.41. The summed E-state index contributed by atoms with van der Waals surface area (Å²) in [6.45, 7) is 4.92. The lowest BCUT2D eigenvalue weighted by Crippen LogP contribution is -2.24. The Balaban J connectivity index is 2.00. The number of thioether (sulfide) groups is 1. The Bertz CT molecular complexity index is 964. The number of rotatable bonds is 7. The monoisotopic (exact) mass is 393 g/mol. The topological polar surface area (TPSA) is 70.2 Å². The first-order chi connectivity index (χ1) is 12.5. The van der Waals surface area contributed by atoms with Crippen LogP contribution in [0.1, 0.15) is 23.4 Å². The normalized spacial score (nSPS) is 11.4. The molecular formula is C18H20ClN3O3S. The number of methoxy groups -OCH3 is 1. The summed E-state index contributed by atoms with van der Waals surface area (Å²) in [5, 5.41) is 5.75. The maximum atomic E-state index is 12.9. The molecule has 0 saturated carbocycles. The Morgan fingerprint density at radius 3 is 2.85 bits per heavy atom. The van der Waals surface area contributed by atoms with Gasteiger partial charge in [0, 0.05) is 36.6 Å². The zero-order valence-electron chi connectivity index (χ0n) is 14.9. The van der Waals surface area contributed by atoms with Crippen molar-refractivity contribution in [1.82, 2.24) is 14.7 Å². The molecule has 0 bridgehead atoms. The van der Waals surface area contributed by atoms with Crippen LogP contribution >= 0.6 is 23.4 Å². The molecule has 26 heavy (non-hydrogen) atoms. The van der Waals surface area contributed by atoms with E-state index in [-0.39, 0.29) is 5.56 Å². The van der Waals surface area contributed by atoms with Gasteiger partial charge < -0.3 is 9.26 Å². The number of halogens is 1. The fourth-order valence-electron chi connectivity index (χ4n) is 2.69. The number of hydrogen-bond donors (Lipinski definition) is 0. The molecule has 2 aromatic heterocycles. The second kappa shape index (κ2) is 8.24. The van der Waals surface area contributed by atoms with Crippen LogP contribution in [0.25, 0.3) is 10.9 Å². The van der Waals surface area contributed by atoms with Gasteiger partial charge in [0.1, 0.15) is 5.76 Å². The lowest BCUT2D eigenvalue weighted by molar-refractivity contribution is 0.189. The third kappa shape index (κ3) is 3.95. The first-order valence-corrected chi connectivity index (χ1v) is 9.61. The minimum absolute atomic E-state index is 0.0657. The van der Waals surface area contributed by atoms with Crippen LogP contribution in [0, 0.1) is 13.8 Å². The van der Waals surface area contributed by atoms with Gasteiger partial charge in [0.2, 0.25) is 0 Å². The van der Waals surface area contributed by atoms with Gasteiger partial charge in [0.25, 0.3) is 5.56 Å². The molecule has 0 aliphatic rings. The molecule has 6 nitrogen and oxygen atoms in total. The number of ether oxygens (including phenoxy) is 1. The largest absolute Gasteiger partial charge is 0.385 e. The van der Waals surface area contributed by atoms with Crippen LogP contribution in [0.4, 0.5) is 0 Å². The van der Waals surface area contributed by atoms with E-state index in [0.29, 0.717) is 40.0 Å². The van der Waals surface area contributed by atoms with Gasteiger partial charge in [0.15, 0.2) is 5.16 Å². The van der Waals surface area contributed by atoms with Crippen molar-refractivity contribution in [2.24, 2.45) is 0 Å². The number of benzene rings is 1. The Labute approximate surface area is 160 Å². The number of fused-ring (bicyclic) bond motifs is 1. The molecule has 1 aromatic carbocycles. The molecule has 0 unspecified atom stereocenters. The smallest absolute Gasteiger partial charge is 0.262 e. The molecule has 0 amide bonds. The molecule has 0 saturated heterocycles. The van der Waals surface area contributed by atoms with Crippen molar-refractivity contribution < 1.29 is 9.26 Å². The molecule has 0 spiro atoms. The van der Waals surface area contributed by atoms with Crippen molar-refractivity contribution in [3.63, 3.8) is 0 Å². The van der Waals surface area contributed by atoms with Crippen molar-refractivity contribution in [2.75, 3.05) is 13.7 Å². The minimum Gasteiger partial charge on any atom is -0.385 e. The number of aryl methyl sites for hydroxylation is 2. The van der Waals surface area contributed by atoms with Gasteiger partial charge in [-0.1, -0.05) is 28.5 Å². The van der Waals surface area contributed by atoms with E-state index in [1.165, 1.54) is 11.8 Å². The Morgan fingerprint density at radius 1 is 1.35 bits per heavy atom. The summed E-state index contributed by atoms with van der Waals surface area (Å²) < 4.78 is 12.0. The molecule has 138 valence electrons. The van der Waals surface area contributed by atoms with E-state index in [1.54, 1.807) is 29.9 Å². The first-order valence-electron chi connectivity index (χ1n) is 8.25. The molecule has 0 aliphatic heterocycles. The Morgan fingerprint density at radius 2 is 2.15 bits per heavy atom. The second-order valence-corrected chi connectivity index (χ2v) is 7.33. The molecule has 0 atom stereocenters. The van der Waals surface area contributed by atoms with Crippen LogP contribution in [0.3, 0.4) is 0 Å². The van der Waals surface area contributed by atoms with Gasteiger partial charge in [-0.15, -0.1) is 0 Å². The first kappa shape index (κ1) is 18.9. The fraction of sp³-hybridized carbons (Fsp3) is 0.389. The molecule has 0 radical (unpaired) electrons. The van der Waals surface area contributed by atoms with E-state index in [2.05, 4.69) is 10.1 Å². The van der Waals surface area contributed by atoms with E-state index in [1.807, 2.05) is 13.8 Å². The summed E-state index contributed by atoms with van der Waals surface area (Å²) in [5.41, 5.74) is 2.42.